The molecule has 0 aliphatic heterocycles. The van der Waals surface area contributed by atoms with Crippen LogP contribution in [0.2, 0.25) is 5.04 Å². The normalized spacial score (nSPS) is 12.0. The molecule has 2 aromatic carbocycles. The molecule has 0 fully saturated rings. The maximum absolute atomic E-state index is 12.4. The fraction of sp³-hybridized carbons (Fsp3) is 0.200. The van der Waals surface area contributed by atoms with Crippen molar-refractivity contribution in [2.75, 3.05) is 0 Å². The molecule has 194 valence electrons. The number of hydrogen-bond acceptors (Lipinski definition) is 6. The highest BCUT2D eigenvalue weighted by atomic mass is 28.4. The third-order valence-electron chi connectivity index (χ3n) is 6.52. The van der Waals surface area contributed by atoms with Crippen LogP contribution in [0, 0.1) is 6.92 Å². The Hall–Kier alpha value is -4.14. The molecular formula is C30H32N4O3Si. The highest BCUT2D eigenvalue weighted by molar-refractivity contribution is 6.99. The van der Waals surface area contributed by atoms with Gasteiger partial charge < -0.3 is 9.53 Å². The number of aromatic nitrogens is 2. The van der Waals surface area contributed by atoms with E-state index in [0.29, 0.717) is 22.4 Å². The van der Waals surface area contributed by atoms with Crippen LogP contribution >= 0.6 is 0 Å². The van der Waals surface area contributed by atoms with E-state index >= 15 is 0 Å². The standard InChI is InChI=1S/C30H32N4O3Si/c1-22-28(35)27(20-33-34-29(36)23-15-17-31-18-16-23)24(19-32-22)21-37-38(30(2,3)4,25-11-7-5-8-12-25)26-13-9-6-10-14-26/h5-20,35H,21H2,1-4H3,(H,34,36)/b33-20+. The average molecular weight is 525 g/mol. The van der Waals surface area contributed by atoms with Crippen molar-refractivity contribution >= 4 is 30.8 Å². The molecule has 0 bridgehead atoms. The molecule has 0 radical (unpaired) electrons. The van der Waals surface area contributed by atoms with E-state index in [2.05, 4.69) is 65.5 Å². The van der Waals surface area contributed by atoms with Gasteiger partial charge in [-0.3, -0.25) is 14.8 Å². The molecule has 1 amide bonds. The van der Waals surface area contributed by atoms with Gasteiger partial charge in [-0.15, -0.1) is 0 Å². The van der Waals surface area contributed by atoms with Crippen LogP contribution in [0.25, 0.3) is 0 Å². The molecular weight excluding hydrogens is 492 g/mol. The van der Waals surface area contributed by atoms with Crippen molar-refractivity contribution in [3.63, 3.8) is 0 Å². The van der Waals surface area contributed by atoms with Gasteiger partial charge in [0.05, 0.1) is 18.5 Å². The molecule has 8 heteroatoms. The van der Waals surface area contributed by atoms with E-state index in [0.717, 1.165) is 10.4 Å². The Labute approximate surface area is 224 Å². The fourth-order valence-corrected chi connectivity index (χ4v) is 9.11. The van der Waals surface area contributed by atoms with Crippen molar-refractivity contribution in [2.24, 2.45) is 5.10 Å². The number of hydrazone groups is 1. The Morgan fingerprint density at radius 2 is 1.58 bits per heavy atom. The lowest BCUT2D eigenvalue weighted by atomic mass is 10.1. The molecule has 0 aliphatic rings. The van der Waals surface area contributed by atoms with Gasteiger partial charge in [0.1, 0.15) is 5.75 Å². The molecule has 0 spiro atoms. The number of aromatic hydroxyl groups is 1. The van der Waals surface area contributed by atoms with Crippen molar-refractivity contribution in [3.05, 3.63) is 114 Å². The minimum atomic E-state index is -2.81. The van der Waals surface area contributed by atoms with Crippen LogP contribution < -0.4 is 15.8 Å². The first-order chi connectivity index (χ1) is 18.2. The van der Waals surface area contributed by atoms with Crippen LogP contribution in [0.1, 0.15) is 48.0 Å². The van der Waals surface area contributed by atoms with Gasteiger partial charge in [-0.05, 0) is 34.5 Å². The number of amides is 1. The van der Waals surface area contributed by atoms with Crippen molar-refractivity contribution in [2.45, 2.75) is 39.3 Å². The van der Waals surface area contributed by atoms with E-state index in [1.807, 2.05) is 36.4 Å². The van der Waals surface area contributed by atoms with Crippen LogP contribution in [-0.4, -0.2) is 35.5 Å². The molecule has 4 rings (SSSR count). The topological polar surface area (TPSA) is 96.7 Å². The number of rotatable bonds is 8. The highest BCUT2D eigenvalue weighted by Crippen LogP contribution is 2.37. The molecule has 7 nitrogen and oxygen atoms in total. The van der Waals surface area contributed by atoms with E-state index in [1.54, 1.807) is 25.3 Å². The molecule has 2 heterocycles. The summed E-state index contributed by atoms with van der Waals surface area (Å²) in [5.74, 6) is -0.380. The van der Waals surface area contributed by atoms with Gasteiger partial charge in [-0.2, -0.15) is 5.10 Å². The van der Waals surface area contributed by atoms with Gasteiger partial charge in [0, 0.05) is 35.3 Å². The first-order valence-electron chi connectivity index (χ1n) is 12.4. The summed E-state index contributed by atoms with van der Waals surface area (Å²) in [4.78, 5) is 20.7. The molecule has 2 N–H and O–H groups in total. The number of carbonyl (C=O) groups excluding carboxylic acids is 1. The molecule has 38 heavy (non-hydrogen) atoms. The van der Waals surface area contributed by atoms with E-state index < -0.39 is 8.32 Å². The Balaban J connectivity index is 1.70. The predicted octanol–water partition coefficient (Wildman–Crippen LogP) is 4.33. The largest absolute Gasteiger partial charge is 0.505 e. The molecule has 4 aromatic rings. The van der Waals surface area contributed by atoms with Crippen LogP contribution in [0.5, 0.6) is 5.75 Å². The average Bonchev–Trinajstić information content (AvgIpc) is 2.93. The Morgan fingerprint density at radius 3 is 2.13 bits per heavy atom. The Kier molecular flexibility index (Phi) is 8.14. The lowest BCUT2D eigenvalue weighted by Gasteiger charge is -2.43. The number of nitrogens with zero attached hydrogens (tertiary/aromatic N) is 3. The molecule has 2 aromatic heterocycles. The fourth-order valence-electron chi connectivity index (χ4n) is 4.58. The number of benzene rings is 2. The SMILES string of the molecule is Cc1ncc(CO[Si](c2ccccc2)(c2ccccc2)C(C)(C)C)c(/C=N/NC(=O)c2ccncc2)c1O. The third kappa shape index (κ3) is 5.56. The number of hydrogen-bond donors (Lipinski definition) is 2. The summed E-state index contributed by atoms with van der Waals surface area (Å²) in [6.07, 6.45) is 6.21. The molecule has 0 unspecified atom stereocenters. The zero-order valence-electron chi connectivity index (χ0n) is 22.1. The Morgan fingerprint density at radius 1 is 1.00 bits per heavy atom. The van der Waals surface area contributed by atoms with Crippen molar-refractivity contribution in [1.82, 2.24) is 15.4 Å². The van der Waals surface area contributed by atoms with Gasteiger partial charge >= 0.3 is 0 Å². The summed E-state index contributed by atoms with van der Waals surface area (Å²) in [5, 5.41) is 17.1. The zero-order chi connectivity index (χ0) is 27.2. The lowest BCUT2D eigenvalue weighted by Crippen LogP contribution is -2.66. The number of aryl methyl sites for hydroxylation is 1. The summed E-state index contributed by atoms with van der Waals surface area (Å²) in [6, 6.07) is 23.9. The van der Waals surface area contributed by atoms with Gasteiger partial charge in [-0.25, -0.2) is 5.43 Å². The summed E-state index contributed by atoms with van der Waals surface area (Å²) in [5.41, 5.74) is 4.52. The molecule has 0 atom stereocenters. The van der Waals surface area contributed by atoms with E-state index in [9.17, 15) is 9.90 Å². The first kappa shape index (κ1) is 26.9. The number of nitrogens with one attached hydrogen (secondary N) is 1. The Bertz CT molecular complexity index is 1370. The second-order valence-electron chi connectivity index (χ2n) is 10.0. The molecule has 0 aliphatic carbocycles. The zero-order valence-corrected chi connectivity index (χ0v) is 23.1. The van der Waals surface area contributed by atoms with Crippen LogP contribution in [-0.2, 0) is 11.0 Å². The number of carbonyl (C=O) groups is 1. The van der Waals surface area contributed by atoms with E-state index in [4.69, 9.17) is 4.43 Å². The van der Waals surface area contributed by atoms with Gasteiger partial charge in [-0.1, -0.05) is 81.4 Å². The van der Waals surface area contributed by atoms with Crippen molar-refractivity contribution in [3.8, 4) is 5.75 Å². The van der Waals surface area contributed by atoms with Crippen molar-refractivity contribution < 1.29 is 14.3 Å². The molecule has 0 saturated heterocycles. The lowest BCUT2D eigenvalue weighted by molar-refractivity contribution is 0.0955. The van der Waals surface area contributed by atoms with Crippen LogP contribution in [0.15, 0.2) is 96.5 Å². The summed E-state index contributed by atoms with van der Waals surface area (Å²) < 4.78 is 7.02. The quantitative estimate of drug-likeness (QED) is 0.203. The van der Waals surface area contributed by atoms with Gasteiger partial charge in [0.25, 0.3) is 14.2 Å². The minimum absolute atomic E-state index is 0.00421. The van der Waals surface area contributed by atoms with E-state index in [-0.39, 0.29) is 23.3 Å². The van der Waals surface area contributed by atoms with Gasteiger partial charge in [0.15, 0.2) is 0 Å². The maximum atomic E-state index is 12.4. The first-order valence-corrected chi connectivity index (χ1v) is 14.3. The second kappa shape index (κ2) is 11.5. The predicted molar refractivity (Wildman–Crippen MR) is 152 cm³/mol. The molecule has 0 saturated carbocycles. The summed E-state index contributed by atoms with van der Waals surface area (Å²) in [6.45, 7) is 8.55. The van der Waals surface area contributed by atoms with Crippen LogP contribution in [0.4, 0.5) is 0 Å². The summed E-state index contributed by atoms with van der Waals surface area (Å²) in [7, 11) is -2.81. The monoisotopic (exact) mass is 524 g/mol. The number of pyridine rings is 2. The summed E-state index contributed by atoms with van der Waals surface area (Å²) >= 11 is 0. The van der Waals surface area contributed by atoms with Crippen molar-refractivity contribution in [1.29, 1.82) is 0 Å². The van der Waals surface area contributed by atoms with Gasteiger partial charge in [0.2, 0.25) is 0 Å². The minimum Gasteiger partial charge on any atom is -0.505 e. The van der Waals surface area contributed by atoms with Crippen LogP contribution in [0.3, 0.4) is 0 Å². The maximum Gasteiger partial charge on any atom is 0.271 e. The smallest absolute Gasteiger partial charge is 0.271 e. The third-order valence-corrected chi connectivity index (χ3v) is 11.5. The highest BCUT2D eigenvalue weighted by Gasteiger charge is 2.50. The van der Waals surface area contributed by atoms with E-state index in [1.165, 1.54) is 18.6 Å². The second-order valence-corrected chi connectivity index (χ2v) is 14.3.